The first kappa shape index (κ1) is 13.4. The molecule has 6 nitrogen and oxygen atoms in total. The highest BCUT2D eigenvalue weighted by molar-refractivity contribution is 7.07. The van der Waals surface area contributed by atoms with Gasteiger partial charge in [0.1, 0.15) is 0 Å². The molecule has 0 aliphatic rings. The average Bonchev–Trinajstić information content (AvgIpc) is 2.89. The van der Waals surface area contributed by atoms with E-state index in [0.717, 1.165) is 5.56 Å². The molecule has 0 fully saturated rings. The van der Waals surface area contributed by atoms with E-state index in [2.05, 4.69) is 10.3 Å². The molecule has 0 saturated heterocycles. The first-order valence-electron chi connectivity index (χ1n) is 5.64. The van der Waals surface area contributed by atoms with Crippen molar-refractivity contribution < 1.29 is 10.0 Å². The number of pyridine rings is 1. The zero-order valence-electron chi connectivity index (χ0n) is 10.2. The van der Waals surface area contributed by atoms with E-state index in [4.69, 9.17) is 0 Å². The van der Waals surface area contributed by atoms with Gasteiger partial charge in [0.05, 0.1) is 11.0 Å². The molecule has 0 aromatic carbocycles. The third-order valence-corrected chi connectivity index (χ3v) is 3.30. The molecule has 2 heterocycles. The summed E-state index contributed by atoms with van der Waals surface area (Å²) in [5, 5.41) is 27.3. The lowest BCUT2D eigenvalue weighted by Crippen LogP contribution is -2.13. The fraction of sp³-hybridized carbons (Fsp3) is 0.250. The van der Waals surface area contributed by atoms with E-state index < -0.39 is 11.0 Å². The highest BCUT2D eigenvalue weighted by Gasteiger charge is 2.16. The van der Waals surface area contributed by atoms with Crippen molar-refractivity contribution >= 4 is 22.8 Å². The summed E-state index contributed by atoms with van der Waals surface area (Å²) >= 11 is 1.49. The number of anilines is 1. The Morgan fingerprint density at radius 3 is 2.95 bits per heavy atom. The minimum Gasteiger partial charge on any atom is -0.387 e. The molecule has 1 atom stereocenters. The van der Waals surface area contributed by atoms with Gasteiger partial charge in [-0.25, -0.2) is 4.98 Å². The van der Waals surface area contributed by atoms with E-state index in [1.165, 1.54) is 17.4 Å². The molecule has 0 aliphatic heterocycles. The Kier molecular flexibility index (Phi) is 4.08. The lowest BCUT2D eigenvalue weighted by molar-refractivity contribution is -0.384. The Bertz CT molecular complexity index is 572. The topological polar surface area (TPSA) is 88.3 Å². The number of aryl methyl sites for hydroxylation is 1. The molecule has 0 bridgehead atoms. The molecule has 0 aliphatic carbocycles. The van der Waals surface area contributed by atoms with Crippen LogP contribution in [0.1, 0.15) is 17.4 Å². The maximum Gasteiger partial charge on any atom is 0.311 e. The second kappa shape index (κ2) is 5.77. The van der Waals surface area contributed by atoms with Crippen LogP contribution in [0.25, 0.3) is 0 Å². The van der Waals surface area contributed by atoms with Gasteiger partial charge in [0.15, 0.2) is 0 Å². The second-order valence-corrected chi connectivity index (χ2v) is 4.81. The molecule has 0 spiro atoms. The van der Waals surface area contributed by atoms with E-state index in [9.17, 15) is 15.2 Å². The molecule has 1 unspecified atom stereocenters. The van der Waals surface area contributed by atoms with Crippen LogP contribution >= 0.6 is 11.3 Å². The van der Waals surface area contributed by atoms with Gasteiger partial charge in [-0.15, -0.1) is 0 Å². The molecule has 0 radical (unpaired) electrons. The minimum absolute atomic E-state index is 0.0943. The van der Waals surface area contributed by atoms with Gasteiger partial charge < -0.3 is 10.4 Å². The van der Waals surface area contributed by atoms with Crippen LogP contribution in [0.15, 0.2) is 29.0 Å². The molecule has 2 aromatic rings. The Morgan fingerprint density at radius 2 is 2.32 bits per heavy atom. The van der Waals surface area contributed by atoms with Crippen molar-refractivity contribution in [1.29, 1.82) is 0 Å². The predicted octanol–water partition coefficient (Wildman–Crippen LogP) is 2.51. The minimum atomic E-state index is -0.715. The van der Waals surface area contributed by atoms with E-state index in [-0.39, 0.29) is 18.1 Å². The number of aromatic nitrogens is 1. The summed E-state index contributed by atoms with van der Waals surface area (Å²) in [4.78, 5) is 14.5. The van der Waals surface area contributed by atoms with Crippen LogP contribution in [-0.4, -0.2) is 21.6 Å². The number of hydrogen-bond donors (Lipinski definition) is 2. The highest BCUT2D eigenvalue weighted by atomic mass is 32.1. The van der Waals surface area contributed by atoms with Crippen molar-refractivity contribution in [2.24, 2.45) is 0 Å². The van der Waals surface area contributed by atoms with Gasteiger partial charge in [-0.1, -0.05) is 0 Å². The van der Waals surface area contributed by atoms with Gasteiger partial charge in [0.2, 0.25) is 5.82 Å². The number of rotatable bonds is 5. The Morgan fingerprint density at radius 1 is 1.53 bits per heavy atom. The zero-order valence-corrected chi connectivity index (χ0v) is 11.1. The fourth-order valence-electron chi connectivity index (χ4n) is 1.60. The van der Waals surface area contributed by atoms with Crippen molar-refractivity contribution in [3.05, 3.63) is 50.3 Å². The van der Waals surface area contributed by atoms with Crippen molar-refractivity contribution in [3.8, 4) is 0 Å². The Balaban J connectivity index is 2.10. The van der Waals surface area contributed by atoms with Crippen LogP contribution in [0.2, 0.25) is 0 Å². The Labute approximate surface area is 113 Å². The summed E-state index contributed by atoms with van der Waals surface area (Å²) in [6, 6.07) is 4.80. The number of nitrogens with zero attached hydrogens (tertiary/aromatic N) is 2. The SMILES string of the molecule is Cc1ccc([N+](=O)[O-])c(NCC(O)c2ccsc2)n1. The standard InChI is InChI=1S/C12H13N3O3S/c1-8-2-3-10(15(17)18)12(14-8)13-6-11(16)9-4-5-19-7-9/h2-5,7,11,16H,6H2,1H3,(H,13,14). The molecule has 2 aromatic heterocycles. The van der Waals surface area contributed by atoms with E-state index >= 15 is 0 Å². The van der Waals surface area contributed by atoms with Crippen LogP contribution in [0, 0.1) is 17.0 Å². The van der Waals surface area contributed by atoms with Gasteiger partial charge >= 0.3 is 5.69 Å². The third kappa shape index (κ3) is 3.27. The third-order valence-electron chi connectivity index (χ3n) is 2.60. The fourth-order valence-corrected chi connectivity index (χ4v) is 2.31. The molecule has 100 valence electrons. The van der Waals surface area contributed by atoms with E-state index in [0.29, 0.717) is 5.69 Å². The van der Waals surface area contributed by atoms with Crippen LogP contribution in [0.5, 0.6) is 0 Å². The maximum atomic E-state index is 10.9. The van der Waals surface area contributed by atoms with Crippen molar-refractivity contribution in [3.63, 3.8) is 0 Å². The van der Waals surface area contributed by atoms with Crippen molar-refractivity contribution in [2.45, 2.75) is 13.0 Å². The summed E-state index contributed by atoms with van der Waals surface area (Å²) in [5.74, 6) is 0.180. The predicted molar refractivity (Wildman–Crippen MR) is 73.4 cm³/mol. The van der Waals surface area contributed by atoms with Crippen molar-refractivity contribution in [2.75, 3.05) is 11.9 Å². The normalized spacial score (nSPS) is 12.1. The van der Waals surface area contributed by atoms with Gasteiger partial charge in [0.25, 0.3) is 0 Å². The van der Waals surface area contributed by atoms with E-state index in [1.54, 1.807) is 13.0 Å². The number of nitro groups is 1. The summed E-state index contributed by atoms with van der Waals surface area (Å²) < 4.78 is 0. The molecule has 2 rings (SSSR count). The largest absolute Gasteiger partial charge is 0.387 e. The number of nitrogens with one attached hydrogen (secondary N) is 1. The van der Waals surface area contributed by atoms with Gasteiger partial charge in [-0.2, -0.15) is 11.3 Å². The maximum absolute atomic E-state index is 10.9. The molecule has 0 saturated carbocycles. The smallest absolute Gasteiger partial charge is 0.311 e. The number of aliphatic hydroxyl groups is 1. The molecule has 0 amide bonds. The van der Waals surface area contributed by atoms with Crippen LogP contribution in [-0.2, 0) is 0 Å². The van der Waals surface area contributed by atoms with Gasteiger partial charge in [-0.05, 0) is 35.4 Å². The molecule has 7 heteroatoms. The monoisotopic (exact) mass is 279 g/mol. The van der Waals surface area contributed by atoms with Crippen LogP contribution < -0.4 is 5.32 Å². The summed E-state index contributed by atoms with van der Waals surface area (Å²) in [7, 11) is 0. The second-order valence-electron chi connectivity index (χ2n) is 4.03. The van der Waals surface area contributed by atoms with Gasteiger partial charge in [-0.3, -0.25) is 10.1 Å². The lowest BCUT2D eigenvalue weighted by atomic mass is 10.2. The molecular formula is C12H13N3O3S. The first-order valence-corrected chi connectivity index (χ1v) is 6.58. The molecule has 19 heavy (non-hydrogen) atoms. The first-order chi connectivity index (χ1) is 9.08. The van der Waals surface area contributed by atoms with Crippen LogP contribution in [0.3, 0.4) is 0 Å². The quantitative estimate of drug-likeness (QED) is 0.648. The average molecular weight is 279 g/mol. The van der Waals surface area contributed by atoms with Crippen LogP contribution in [0.4, 0.5) is 11.5 Å². The summed E-state index contributed by atoms with van der Waals surface area (Å²) in [6.45, 7) is 1.93. The van der Waals surface area contributed by atoms with Crippen molar-refractivity contribution in [1.82, 2.24) is 4.98 Å². The molecular weight excluding hydrogens is 266 g/mol. The zero-order chi connectivity index (χ0) is 13.8. The number of hydrogen-bond acceptors (Lipinski definition) is 6. The molecule has 2 N–H and O–H groups in total. The Hall–Kier alpha value is -1.99. The highest BCUT2D eigenvalue weighted by Crippen LogP contribution is 2.23. The van der Waals surface area contributed by atoms with E-state index in [1.807, 2.05) is 16.8 Å². The number of aliphatic hydroxyl groups excluding tert-OH is 1. The summed E-state index contributed by atoms with van der Waals surface area (Å²) in [5.41, 5.74) is 1.37. The lowest BCUT2D eigenvalue weighted by Gasteiger charge is -2.11. The summed E-state index contributed by atoms with van der Waals surface area (Å²) in [6.07, 6.45) is -0.715. The van der Waals surface area contributed by atoms with Gasteiger partial charge in [0, 0.05) is 18.3 Å². The number of thiophene rings is 1.